The van der Waals surface area contributed by atoms with Crippen molar-refractivity contribution in [3.8, 4) is 0 Å². The van der Waals surface area contributed by atoms with Gasteiger partial charge in [0, 0.05) is 24.3 Å². The normalized spacial score (nSPS) is 14.0. The number of fused-ring (bicyclic) bond motifs is 1. The smallest absolute Gasteiger partial charge is 0.141 e. The third-order valence-corrected chi connectivity index (χ3v) is 3.94. The number of aromatic nitrogens is 2. The van der Waals surface area contributed by atoms with Crippen LogP contribution in [0.1, 0.15) is 30.3 Å². The first kappa shape index (κ1) is 13.9. The number of para-hydroxylation sites is 1. The van der Waals surface area contributed by atoms with Crippen LogP contribution in [0.15, 0.2) is 24.3 Å². The van der Waals surface area contributed by atoms with Gasteiger partial charge in [-0.15, -0.1) is 0 Å². The zero-order valence-electron chi connectivity index (χ0n) is 13.0. The highest BCUT2D eigenvalue weighted by molar-refractivity contribution is 5.70. The molecule has 110 valence electrons. The molecular weight excluding hydrogens is 260 g/mol. The summed E-state index contributed by atoms with van der Waals surface area (Å²) >= 11 is 0. The third kappa shape index (κ3) is 2.58. The minimum atomic E-state index is 0.814. The molecule has 1 aromatic heterocycles. The first-order valence-corrected chi connectivity index (χ1v) is 7.65. The molecule has 2 heterocycles. The Balaban J connectivity index is 2.09. The molecule has 0 bridgehead atoms. The second-order valence-electron chi connectivity index (χ2n) is 5.48. The molecule has 0 atom stereocenters. The molecule has 4 heteroatoms. The number of aryl methyl sites for hydroxylation is 2. The van der Waals surface area contributed by atoms with Crippen LogP contribution in [-0.2, 0) is 6.42 Å². The third-order valence-electron chi connectivity index (χ3n) is 3.94. The fraction of sp³-hybridized carbons (Fsp3) is 0.412. The van der Waals surface area contributed by atoms with Crippen LogP contribution < -0.4 is 10.2 Å². The van der Waals surface area contributed by atoms with Crippen LogP contribution in [-0.4, -0.2) is 23.1 Å². The number of nitrogens with zero attached hydrogens (tertiary/aromatic N) is 3. The second kappa shape index (κ2) is 5.72. The Morgan fingerprint density at radius 3 is 2.81 bits per heavy atom. The van der Waals surface area contributed by atoms with Gasteiger partial charge in [-0.25, -0.2) is 9.97 Å². The van der Waals surface area contributed by atoms with Gasteiger partial charge in [0.2, 0.25) is 0 Å². The molecule has 4 nitrogen and oxygen atoms in total. The molecule has 21 heavy (non-hydrogen) atoms. The quantitative estimate of drug-likeness (QED) is 0.933. The monoisotopic (exact) mass is 282 g/mol. The Morgan fingerprint density at radius 2 is 2.00 bits per heavy atom. The van der Waals surface area contributed by atoms with Crippen molar-refractivity contribution in [2.75, 3.05) is 23.3 Å². The van der Waals surface area contributed by atoms with E-state index in [1.54, 1.807) is 0 Å². The number of benzene rings is 1. The Hall–Kier alpha value is -2.10. The number of nitrogens with one attached hydrogen (secondary N) is 1. The molecule has 0 fully saturated rings. The summed E-state index contributed by atoms with van der Waals surface area (Å²) in [4.78, 5) is 11.6. The van der Waals surface area contributed by atoms with Crippen molar-refractivity contribution in [3.63, 3.8) is 0 Å². The van der Waals surface area contributed by atoms with E-state index in [0.717, 1.165) is 49.0 Å². The molecule has 0 amide bonds. The van der Waals surface area contributed by atoms with Gasteiger partial charge in [-0.1, -0.05) is 18.2 Å². The minimum Gasteiger partial charge on any atom is -0.370 e. The lowest BCUT2D eigenvalue weighted by Gasteiger charge is -2.32. The van der Waals surface area contributed by atoms with E-state index in [1.165, 1.54) is 11.3 Å². The summed E-state index contributed by atoms with van der Waals surface area (Å²) in [6.07, 6.45) is 2.31. The Labute approximate surface area is 126 Å². The van der Waals surface area contributed by atoms with Crippen molar-refractivity contribution in [2.45, 2.75) is 33.6 Å². The zero-order chi connectivity index (χ0) is 14.8. The molecule has 1 aliphatic heterocycles. The fourth-order valence-corrected chi connectivity index (χ4v) is 2.97. The summed E-state index contributed by atoms with van der Waals surface area (Å²) in [7, 11) is 0. The Kier molecular flexibility index (Phi) is 3.78. The maximum absolute atomic E-state index is 4.71. The van der Waals surface area contributed by atoms with Crippen LogP contribution in [0.4, 0.5) is 17.3 Å². The lowest BCUT2D eigenvalue weighted by Crippen LogP contribution is -2.26. The van der Waals surface area contributed by atoms with E-state index in [0.29, 0.717) is 0 Å². The number of hydrogen-bond acceptors (Lipinski definition) is 4. The highest BCUT2D eigenvalue weighted by Crippen LogP contribution is 2.35. The molecule has 0 saturated heterocycles. The standard InChI is InChI=1S/C17H22N4/c1-4-18-16-12(2)17(20-13(3)19-16)21-11-7-9-14-8-5-6-10-15(14)21/h5-6,8,10H,4,7,9,11H2,1-3H3,(H,18,19,20). The molecule has 0 radical (unpaired) electrons. The topological polar surface area (TPSA) is 41.1 Å². The van der Waals surface area contributed by atoms with Gasteiger partial charge in [0.15, 0.2) is 0 Å². The first-order valence-electron chi connectivity index (χ1n) is 7.65. The van der Waals surface area contributed by atoms with E-state index in [-0.39, 0.29) is 0 Å². The lowest BCUT2D eigenvalue weighted by atomic mass is 10.0. The van der Waals surface area contributed by atoms with E-state index in [2.05, 4.69) is 53.3 Å². The summed E-state index contributed by atoms with van der Waals surface area (Å²) in [5, 5.41) is 3.34. The maximum Gasteiger partial charge on any atom is 0.141 e. The summed E-state index contributed by atoms with van der Waals surface area (Å²) in [6.45, 7) is 8.03. The van der Waals surface area contributed by atoms with E-state index in [1.807, 2.05) is 6.92 Å². The van der Waals surface area contributed by atoms with Crippen LogP contribution in [0.2, 0.25) is 0 Å². The first-order chi connectivity index (χ1) is 10.2. The van der Waals surface area contributed by atoms with E-state index < -0.39 is 0 Å². The molecule has 0 saturated carbocycles. The van der Waals surface area contributed by atoms with Crippen LogP contribution in [0, 0.1) is 13.8 Å². The Bertz CT molecular complexity index is 651. The van der Waals surface area contributed by atoms with Crippen LogP contribution in [0.5, 0.6) is 0 Å². The summed E-state index contributed by atoms with van der Waals surface area (Å²) in [6, 6.07) is 8.63. The molecule has 1 N–H and O–H groups in total. The molecular formula is C17H22N4. The molecule has 2 aromatic rings. The van der Waals surface area contributed by atoms with Crippen molar-refractivity contribution in [1.29, 1.82) is 0 Å². The number of anilines is 3. The van der Waals surface area contributed by atoms with Crippen molar-refractivity contribution < 1.29 is 0 Å². The van der Waals surface area contributed by atoms with E-state index in [4.69, 9.17) is 4.98 Å². The maximum atomic E-state index is 4.71. The SMILES string of the molecule is CCNc1nc(C)nc(N2CCCc3ccccc32)c1C. The highest BCUT2D eigenvalue weighted by Gasteiger charge is 2.22. The van der Waals surface area contributed by atoms with Gasteiger partial charge >= 0.3 is 0 Å². The molecule has 1 aliphatic rings. The van der Waals surface area contributed by atoms with Gasteiger partial charge in [0.1, 0.15) is 17.5 Å². The predicted octanol–water partition coefficient (Wildman–Crippen LogP) is 3.61. The van der Waals surface area contributed by atoms with Gasteiger partial charge in [-0.2, -0.15) is 0 Å². The van der Waals surface area contributed by atoms with Crippen LogP contribution in [0.25, 0.3) is 0 Å². The predicted molar refractivity (Wildman–Crippen MR) is 87.4 cm³/mol. The molecule has 0 spiro atoms. The largest absolute Gasteiger partial charge is 0.370 e. The van der Waals surface area contributed by atoms with Crippen LogP contribution >= 0.6 is 0 Å². The van der Waals surface area contributed by atoms with Gasteiger partial charge in [0.05, 0.1) is 0 Å². The van der Waals surface area contributed by atoms with Crippen molar-refractivity contribution in [2.24, 2.45) is 0 Å². The Morgan fingerprint density at radius 1 is 1.19 bits per heavy atom. The van der Waals surface area contributed by atoms with Gasteiger partial charge in [-0.3, -0.25) is 0 Å². The molecule has 0 unspecified atom stereocenters. The number of hydrogen-bond donors (Lipinski definition) is 1. The van der Waals surface area contributed by atoms with Crippen molar-refractivity contribution >= 4 is 17.3 Å². The summed E-state index contributed by atoms with van der Waals surface area (Å²) in [5.41, 5.74) is 3.82. The van der Waals surface area contributed by atoms with E-state index in [9.17, 15) is 0 Å². The van der Waals surface area contributed by atoms with Gasteiger partial charge in [-0.05, 0) is 45.2 Å². The van der Waals surface area contributed by atoms with Gasteiger partial charge < -0.3 is 10.2 Å². The lowest BCUT2D eigenvalue weighted by molar-refractivity contribution is 0.754. The van der Waals surface area contributed by atoms with Crippen LogP contribution in [0.3, 0.4) is 0 Å². The van der Waals surface area contributed by atoms with Crippen molar-refractivity contribution in [1.82, 2.24) is 9.97 Å². The highest BCUT2D eigenvalue weighted by atomic mass is 15.2. The molecule has 0 aliphatic carbocycles. The number of rotatable bonds is 3. The summed E-state index contributed by atoms with van der Waals surface area (Å²) in [5.74, 6) is 2.79. The van der Waals surface area contributed by atoms with Gasteiger partial charge in [0.25, 0.3) is 0 Å². The molecule has 1 aromatic carbocycles. The second-order valence-corrected chi connectivity index (χ2v) is 5.48. The zero-order valence-corrected chi connectivity index (χ0v) is 13.0. The van der Waals surface area contributed by atoms with Crippen molar-refractivity contribution in [3.05, 3.63) is 41.2 Å². The fourth-order valence-electron chi connectivity index (χ4n) is 2.97. The minimum absolute atomic E-state index is 0.814. The average molecular weight is 282 g/mol. The average Bonchev–Trinajstić information content (AvgIpc) is 2.50. The van der Waals surface area contributed by atoms with E-state index >= 15 is 0 Å². The molecule has 3 rings (SSSR count). The summed E-state index contributed by atoms with van der Waals surface area (Å²) < 4.78 is 0.